The lowest BCUT2D eigenvalue weighted by Crippen LogP contribution is -2.08. The molecule has 0 radical (unpaired) electrons. The van der Waals surface area contributed by atoms with E-state index in [1.54, 1.807) is 11.4 Å². The number of anilines is 2. The lowest BCUT2D eigenvalue weighted by molar-refractivity contribution is -0.385. The van der Waals surface area contributed by atoms with Crippen molar-refractivity contribution >= 4 is 33.8 Å². The lowest BCUT2D eigenvalue weighted by Gasteiger charge is -2.04. The molecule has 1 aromatic heterocycles. The smallest absolute Gasteiger partial charge is 0.345 e. The predicted molar refractivity (Wildman–Crippen MR) is 98.8 cm³/mol. The minimum absolute atomic E-state index is 0.0586. The first-order valence-corrected chi connectivity index (χ1v) is 8.59. The van der Waals surface area contributed by atoms with Gasteiger partial charge >= 0.3 is 5.97 Å². The van der Waals surface area contributed by atoms with Crippen molar-refractivity contribution in [3.05, 3.63) is 80.8 Å². The van der Waals surface area contributed by atoms with Crippen molar-refractivity contribution in [2.45, 2.75) is 13.5 Å². The standard InChI is InChI=1S/C18H15N3O4S/c1-12-6-8-13(9-7-12)19-18-20-14(11-26-18)10-25-17(22)15-4-2-3-5-16(15)21(23)24/h2-9,11H,10H2,1H3,(H,19,20). The minimum atomic E-state index is -0.752. The summed E-state index contributed by atoms with van der Waals surface area (Å²) in [6, 6.07) is 13.6. The van der Waals surface area contributed by atoms with E-state index in [0.29, 0.717) is 10.8 Å². The molecule has 0 aliphatic carbocycles. The number of rotatable bonds is 6. The van der Waals surface area contributed by atoms with E-state index >= 15 is 0 Å². The Bertz CT molecular complexity index is 938. The molecule has 0 saturated heterocycles. The van der Waals surface area contributed by atoms with Gasteiger partial charge < -0.3 is 10.1 Å². The fourth-order valence-corrected chi connectivity index (χ4v) is 2.93. The van der Waals surface area contributed by atoms with Crippen molar-refractivity contribution < 1.29 is 14.5 Å². The fraction of sp³-hybridized carbons (Fsp3) is 0.111. The van der Waals surface area contributed by atoms with E-state index < -0.39 is 10.9 Å². The second-order valence-electron chi connectivity index (χ2n) is 5.49. The first-order valence-electron chi connectivity index (χ1n) is 7.71. The number of nitro benzene ring substituents is 1. The Morgan fingerprint density at radius 1 is 1.23 bits per heavy atom. The molecule has 0 aliphatic heterocycles. The summed E-state index contributed by atoms with van der Waals surface area (Å²) in [7, 11) is 0. The Balaban J connectivity index is 1.62. The number of carbonyl (C=O) groups is 1. The maximum atomic E-state index is 12.1. The lowest BCUT2D eigenvalue weighted by atomic mass is 10.2. The number of carbonyl (C=O) groups excluding carboxylic acids is 1. The molecule has 0 unspecified atom stereocenters. The average molecular weight is 369 g/mol. The van der Waals surface area contributed by atoms with Gasteiger partial charge in [0, 0.05) is 17.1 Å². The number of aromatic nitrogens is 1. The third kappa shape index (κ3) is 4.22. The van der Waals surface area contributed by atoms with Gasteiger partial charge in [0.2, 0.25) is 0 Å². The molecular formula is C18H15N3O4S. The van der Waals surface area contributed by atoms with Crippen LogP contribution in [0.3, 0.4) is 0 Å². The van der Waals surface area contributed by atoms with Crippen LogP contribution in [0.25, 0.3) is 0 Å². The molecule has 7 nitrogen and oxygen atoms in total. The number of benzene rings is 2. The fourth-order valence-electron chi connectivity index (χ4n) is 2.21. The molecule has 26 heavy (non-hydrogen) atoms. The van der Waals surface area contributed by atoms with Gasteiger partial charge in [-0.2, -0.15) is 0 Å². The SMILES string of the molecule is Cc1ccc(Nc2nc(COC(=O)c3ccccc3[N+](=O)[O-])cs2)cc1. The van der Waals surface area contributed by atoms with Crippen LogP contribution in [0.5, 0.6) is 0 Å². The Hall–Kier alpha value is -3.26. The first kappa shape index (κ1) is 17.6. The van der Waals surface area contributed by atoms with E-state index in [1.807, 2.05) is 31.2 Å². The summed E-state index contributed by atoms with van der Waals surface area (Å²) in [4.78, 5) is 26.8. The van der Waals surface area contributed by atoms with Crippen LogP contribution < -0.4 is 5.32 Å². The molecule has 0 atom stereocenters. The van der Waals surface area contributed by atoms with E-state index in [2.05, 4.69) is 10.3 Å². The Labute approximate surface area is 153 Å². The number of hydrogen-bond donors (Lipinski definition) is 1. The zero-order valence-corrected chi connectivity index (χ0v) is 14.7. The summed E-state index contributed by atoms with van der Waals surface area (Å²) in [6.07, 6.45) is 0. The quantitative estimate of drug-likeness (QED) is 0.392. The van der Waals surface area contributed by atoms with Crippen LogP contribution in [0.15, 0.2) is 53.9 Å². The van der Waals surface area contributed by atoms with E-state index in [1.165, 1.54) is 29.5 Å². The molecule has 0 bridgehead atoms. The Morgan fingerprint density at radius 3 is 2.69 bits per heavy atom. The van der Waals surface area contributed by atoms with Crippen LogP contribution >= 0.6 is 11.3 Å². The third-order valence-electron chi connectivity index (χ3n) is 3.53. The summed E-state index contributed by atoms with van der Waals surface area (Å²) in [5.41, 5.74) is 2.28. The number of hydrogen-bond acceptors (Lipinski definition) is 7. The van der Waals surface area contributed by atoms with Crippen molar-refractivity contribution in [2.75, 3.05) is 5.32 Å². The number of ether oxygens (including phenoxy) is 1. The number of aryl methyl sites for hydroxylation is 1. The Morgan fingerprint density at radius 2 is 1.96 bits per heavy atom. The van der Waals surface area contributed by atoms with Crippen LogP contribution in [0, 0.1) is 17.0 Å². The molecule has 0 fully saturated rings. The maximum Gasteiger partial charge on any atom is 0.345 e. The monoisotopic (exact) mass is 369 g/mol. The van der Waals surface area contributed by atoms with Crippen LogP contribution in [0.2, 0.25) is 0 Å². The molecule has 2 aromatic carbocycles. The molecule has 0 spiro atoms. The third-order valence-corrected chi connectivity index (χ3v) is 4.33. The molecule has 1 heterocycles. The first-order chi connectivity index (χ1) is 12.5. The molecule has 1 N–H and O–H groups in total. The van der Waals surface area contributed by atoms with Crippen molar-refractivity contribution in [1.82, 2.24) is 4.98 Å². The summed E-state index contributed by atoms with van der Waals surface area (Å²) >= 11 is 1.38. The van der Waals surface area contributed by atoms with Crippen molar-refractivity contribution in [2.24, 2.45) is 0 Å². The zero-order valence-electron chi connectivity index (χ0n) is 13.8. The minimum Gasteiger partial charge on any atom is -0.455 e. The van der Waals surface area contributed by atoms with Gasteiger partial charge in [0.15, 0.2) is 5.13 Å². The van der Waals surface area contributed by atoms with E-state index in [4.69, 9.17) is 4.74 Å². The molecule has 0 amide bonds. The highest BCUT2D eigenvalue weighted by Crippen LogP contribution is 2.23. The second-order valence-corrected chi connectivity index (χ2v) is 6.34. The van der Waals surface area contributed by atoms with Crippen molar-refractivity contribution in [3.63, 3.8) is 0 Å². The number of nitro groups is 1. The maximum absolute atomic E-state index is 12.1. The number of para-hydroxylation sites is 1. The Kier molecular flexibility index (Phi) is 5.23. The van der Waals surface area contributed by atoms with Gasteiger partial charge in [0.05, 0.1) is 10.6 Å². The van der Waals surface area contributed by atoms with Crippen LogP contribution in [0.4, 0.5) is 16.5 Å². The van der Waals surface area contributed by atoms with Gasteiger partial charge in [0.25, 0.3) is 5.69 Å². The topological polar surface area (TPSA) is 94.4 Å². The number of nitrogens with one attached hydrogen (secondary N) is 1. The van der Waals surface area contributed by atoms with Gasteiger partial charge in [-0.15, -0.1) is 11.3 Å². The predicted octanol–water partition coefficient (Wildman–Crippen LogP) is 4.46. The second kappa shape index (κ2) is 7.75. The summed E-state index contributed by atoms with van der Waals surface area (Å²) in [6.45, 7) is 1.95. The number of thiazole rings is 1. The van der Waals surface area contributed by atoms with Crippen LogP contribution in [-0.2, 0) is 11.3 Å². The number of esters is 1. The summed E-state index contributed by atoms with van der Waals surface area (Å²) in [5.74, 6) is -0.752. The highest BCUT2D eigenvalue weighted by molar-refractivity contribution is 7.13. The van der Waals surface area contributed by atoms with Gasteiger partial charge in [-0.05, 0) is 25.1 Å². The van der Waals surface area contributed by atoms with Crippen LogP contribution in [0.1, 0.15) is 21.6 Å². The van der Waals surface area contributed by atoms with Crippen molar-refractivity contribution in [3.8, 4) is 0 Å². The van der Waals surface area contributed by atoms with Gasteiger partial charge in [-0.3, -0.25) is 10.1 Å². The highest BCUT2D eigenvalue weighted by Gasteiger charge is 2.20. The van der Waals surface area contributed by atoms with Gasteiger partial charge in [0.1, 0.15) is 12.2 Å². The molecule has 132 valence electrons. The molecule has 0 aliphatic rings. The zero-order chi connectivity index (χ0) is 18.5. The molecule has 8 heteroatoms. The molecular weight excluding hydrogens is 354 g/mol. The average Bonchev–Trinajstić information content (AvgIpc) is 3.09. The summed E-state index contributed by atoms with van der Waals surface area (Å²) < 4.78 is 5.16. The molecule has 0 saturated carbocycles. The van der Waals surface area contributed by atoms with Gasteiger partial charge in [-0.1, -0.05) is 29.8 Å². The highest BCUT2D eigenvalue weighted by atomic mass is 32.1. The van der Waals surface area contributed by atoms with E-state index in [-0.39, 0.29) is 17.9 Å². The molecule has 3 aromatic rings. The molecule has 3 rings (SSSR count). The summed E-state index contributed by atoms with van der Waals surface area (Å²) in [5, 5.41) is 16.6. The normalized spacial score (nSPS) is 10.3. The number of nitrogens with zero attached hydrogens (tertiary/aromatic N) is 2. The van der Waals surface area contributed by atoms with Crippen LogP contribution in [-0.4, -0.2) is 15.9 Å². The van der Waals surface area contributed by atoms with E-state index in [0.717, 1.165) is 11.3 Å². The van der Waals surface area contributed by atoms with Crippen molar-refractivity contribution in [1.29, 1.82) is 0 Å². The van der Waals surface area contributed by atoms with Gasteiger partial charge in [-0.25, -0.2) is 9.78 Å². The largest absolute Gasteiger partial charge is 0.455 e. The van der Waals surface area contributed by atoms with E-state index in [9.17, 15) is 14.9 Å².